The molecule has 9 heavy (non-hydrogen) atoms. The Morgan fingerprint density at radius 1 is 0.333 bits per heavy atom. The van der Waals surface area contributed by atoms with Crippen LogP contribution in [0.4, 0.5) is 0 Å². The zero-order chi connectivity index (χ0) is 0. The van der Waals surface area contributed by atoms with Gasteiger partial charge in [0.25, 0.3) is 0 Å². The maximum absolute atomic E-state index is 0. The summed E-state index contributed by atoms with van der Waals surface area (Å²) in [6.07, 6.45) is 0. The Hall–Kier alpha value is 3.63. The molecule has 0 nitrogen and oxygen atoms in total. The van der Waals surface area contributed by atoms with Crippen LogP contribution in [0.3, 0.4) is 0 Å². The van der Waals surface area contributed by atoms with Crippen LogP contribution < -0.4 is 86.8 Å². The van der Waals surface area contributed by atoms with E-state index in [1.165, 1.54) is 0 Å². The molecule has 0 aliphatic rings. The van der Waals surface area contributed by atoms with E-state index >= 15 is 0 Å². The van der Waals surface area contributed by atoms with Gasteiger partial charge in [0.2, 0.25) is 0 Å². The fourth-order valence-electron chi connectivity index (χ4n) is 0. The molecule has 0 atom stereocenters. The molecule has 0 unspecified atom stereocenters. The third-order valence-electron chi connectivity index (χ3n) is 0. The zero-order valence-corrected chi connectivity index (χ0v) is 13.9. The van der Waals surface area contributed by atoms with E-state index in [1.807, 2.05) is 0 Å². The van der Waals surface area contributed by atoms with Crippen LogP contribution in [0.5, 0.6) is 0 Å². The molecule has 0 rings (SSSR count). The van der Waals surface area contributed by atoms with E-state index in [0.717, 1.165) is 0 Å². The molecule has 0 saturated heterocycles. The van der Waals surface area contributed by atoms with Gasteiger partial charge >= 0.3 is 47.9 Å². The molecule has 2 radical (unpaired) electrons. The van der Waals surface area contributed by atoms with Crippen LogP contribution in [0, 0.1) is 0 Å². The summed E-state index contributed by atoms with van der Waals surface area (Å²) in [6.45, 7) is 0. The molecule has 9 heteroatoms. The first-order chi connectivity index (χ1) is 0. The van der Waals surface area contributed by atoms with Crippen molar-refractivity contribution in [2.24, 2.45) is 0 Å². The van der Waals surface area contributed by atoms with E-state index in [-0.39, 0.29) is 135 Å². The van der Waals surface area contributed by atoms with Gasteiger partial charge in [0.05, 0.1) is 0 Å². The summed E-state index contributed by atoms with van der Waals surface area (Å²) in [7, 11) is 0. The summed E-state index contributed by atoms with van der Waals surface area (Å²) >= 11 is 0. The van der Waals surface area contributed by atoms with Crippen molar-refractivity contribution in [3.63, 3.8) is 0 Å². The first kappa shape index (κ1) is 130. The van der Waals surface area contributed by atoms with Crippen molar-refractivity contribution in [3.05, 3.63) is 0 Å². The molecule has 0 aliphatic heterocycles. The van der Waals surface area contributed by atoms with E-state index in [0.29, 0.717) is 0 Å². The van der Waals surface area contributed by atoms with E-state index in [9.17, 15) is 0 Å². The third kappa shape index (κ3) is 81.9. The van der Waals surface area contributed by atoms with E-state index < -0.39 is 0 Å². The normalized spacial score (nSPS) is 0. The molecule has 0 aliphatic carbocycles. The minimum atomic E-state index is 0. The van der Waals surface area contributed by atoms with Crippen molar-refractivity contribution in [2.75, 3.05) is 0 Å². The molecule has 0 N–H and O–H groups in total. The molecule has 0 aromatic carbocycles. The van der Waals surface area contributed by atoms with Gasteiger partial charge in [-0.15, -0.1) is 0 Å². The summed E-state index contributed by atoms with van der Waals surface area (Å²) in [5.41, 5.74) is 0. The minimum Gasteiger partial charge on any atom is -1.00 e. The Bertz CT molecular complexity index is 8.88. The molecule has 0 heterocycles. The first-order valence-corrected chi connectivity index (χ1v) is 0. The summed E-state index contributed by atoms with van der Waals surface area (Å²) < 4.78 is 0. The van der Waals surface area contributed by atoms with Gasteiger partial charge in [-0.25, -0.2) is 0 Å². The fourth-order valence-corrected chi connectivity index (χ4v) is 0. The second-order valence-corrected chi connectivity index (χ2v) is 0. The number of hydrogen-bond donors (Lipinski definition) is 0. The summed E-state index contributed by atoms with van der Waals surface area (Å²) in [6, 6.07) is 0. The summed E-state index contributed by atoms with van der Waals surface area (Å²) in [5, 5.41) is 0. The van der Waals surface area contributed by atoms with Gasteiger partial charge in [-0.2, -0.15) is 0 Å². The van der Waals surface area contributed by atoms with E-state index in [2.05, 4.69) is 0 Å². The van der Waals surface area contributed by atoms with Gasteiger partial charge in [0, 0.05) is 0 Å². The topological polar surface area (TPSA) is 0 Å². The van der Waals surface area contributed by atoms with Crippen molar-refractivity contribution >= 4 is 26.2 Å². The van der Waals surface area contributed by atoms with Crippen LogP contribution in [0.1, 0.15) is 0 Å². The molecule has 0 spiro atoms. The van der Waals surface area contributed by atoms with Gasteiger partial charge in [-0.1, -0.05) is 0 Å². The smallest absolute Gasteiger partial charge is 1.00 e. The van der Waals surface area contributed by atoms with Crippen LogP contribution in [0.15, 0.2) is 0 Å². The molecule has 0 aromatic heterocycles. The predicted molar refractivity (Wildman–Crippen MR) is 5.75 cm³/mol. The standard InChI is InChI=1S/Bi.7ClH.Ti/h;7*1H;/q+3;;;;;;;;+4/p-7. The maximum Gasteiger partial charge on any atom is 4.00 e. The van der Waals surface area contributed by atoms with Gasteiger partial charge in [0.15, 0.2) is 0 Å². The van der Waals surface area contributed by atoms with E-state index in [1.54, 1.807) is 0 Å². The largest absolute Gasteiger partial charge is 4.00 e. The number of rotatable bonds is 0. The van der Waals surface area contributed by atoms with Crippen LogP contribution in [-0.4, -0.2) is 26.2 Å². The van der Waals surface area contributed by atoms with Crippen LogP contribution in [0.2, 0.25) is 0 Å². The van der Waals surface area contributed by atoms with Crippen molar-refractivity contribution in [1.82, 2.24) is 0 Å². The Kier molecular flexibility index (Phi) is 1440. The third-order valence-corrected chi connectivity index (χ3v) is 0. The fraction of sp³-hybridized carbons (Fsp3) is 0. The quantitative estimate of drug-likeness (QED) is 0.288. The molecule has 58 valence electrons. The Morgan fingerprint density at radius 2 is 0.333 bits per heavy atom. The van der Waals surface area contributed by atoms with Crippen molar-refractivity contribution in [1.29, 1.82) is 0 Å². The average Bonchev–Trinajstić information content (AvgIpc) is 0. The van der Waals surface area contributed by atoms with Gasteiger partial charge < -0.3 is 86.8 Å². The SMILES string of the molecule is [Bi+3].[Cl-].[Cl-].[Cl-].[Cl-].[Cl-].[Cl-].[Cl-].[Ti+4]. The zero-order valence-electron chi connectivity index (χ0n) is 3.59. The molecule has 0 amide bonds. The average molecular weight is 505 g/mol. The number of hydrogen-bond acceptors (Lipinski definition) is 0. The van der Waals surface area contributed by atoms with Crippen LogP contribution in [-0.2, 0) is 21.7 Å². The second-order valence-electron chi connectivity index (χ2n) is 0. The summed E-state index contributed by atoms with van der Waals surface area (Å²) in [4.78, 5) is 0. The molecule has 0 aromatic rings. The number of halogens is 7. The Balaban J connectivity index is 0. The molecule has 0 saturated carbocycles. The molecular weight excluding hydrogens is 505 g/mol. The van der Waals surface area contributed by atoms with E-state index in [4.69, 9.17) is 0 Å². The maximum atomic E-state index is 0. The molecular formula is BiCl7Ti. The van der Waals surface area contributed by atoms with Gasteiger partial charge in [0.1, 0.15) is 0 Å². The monoisotopic (exact) mass is 502 g/mol. The Labute approximate surface area is 133 Å². The first-order valence-electron chi connectivity index (χ1n) is 0. The summed E-state index contributed by atoms with van der Waals surface area (Å²) in [5.74, 6) is 0. The Morgan fingerprint density at radius 3 is 0.333 bits per heavy atom. The second kappa shape index (κ2) is 99.8. The van der Waals surface area contributed by atoms with Crippen LogP contribution in [0.25, 0.3) is 0 Å². The van der Waals surface area contributed by atoms with Crippen LogP contribution >= 0.6 is 0 Å². The van der Waals surface area contributed by atoms with Crippen molar-refractivity contribution in [2.45, 2.75) is 0 Å². The van der Waals surface area contributed by atoms with Crippen molar-refractivity contribution in [3.8, 4) is 0 Å². The van der Waals surface area contributed by atoms with Gasteiger partial charge in [-0.3, -0.25) is 0 Å². The molecule has 0 bridgehead atoms. The van der Waals surface area contributed by atoms with Crippen molar-refractivity contribution < 1.29 is 109 Å². The predicted octanol–water partition coefficient (Wildman–Crippen LogP) is -21.4. The molecule has 0 fully saturated rings. The minimum absolute atomic E-state index is 0. The van der Waals surface area contributed by atoms with Gasteiger partial charge in [-0.05, 0) is 0 Å².